The van der Waals surface area contributed by atoms with Crippen LogP contribution < -0.4 is 10.1 Å². The van der Waals surface area contributed by atoms with E-state index in [1.165, 1.54) is 4.68 Å². The summed E-state index contributed by atoms with van der Waals surface area (Å²) in [7, 11) is 0. The van der Waals surface area contributed by atoms with Crippen molar-refractivity contribution < 1.29 is 32.2 Å². The number of carbonyl (C=O) groups is 1. The van der Waals surface area contributed by atoms with Gasteiger partial charge in [-0.15, -0.1) is 0 Å². The molecular formula is C20H21F4N5O3. The van der Waals surface area contributed by atoms with Crippen LogP contribution in [0, 0.1) is 5.82 Å². The highest BCUT2D eigenvalue weighted by Crippen LogP contribution is 2.21. The first kappa shape index (κ1) is 23.3. The Bertz CT molecular complexity index is 1030. The van der Waals surface area contributed by atoms with Crippen LogP contribution in [0.25, 0.3) is 5.69 Å². The molecule has 8 nitrogen and oxygen atoms in total. The number of ether oxygens (including phenoxy) is 1. The first-order chi connectivity index (χ1) is 15.1. The number of benzene rings is 1. The van der Waals surface area contributed by atoms with Crippen LogP contribution >= 0.6 is 0 Å². The van der Waals surface area contributed by atoms with Crippen LogP contribution in [-0.2, 0) is 17.9 Å². The lowest BCUT2D eigenvalue weighted by Crippen LogP contribution is -2.21. The summed E-state index contributed by atoms with van der Waals surface area (Å²) >= 11 is 0. The van der Waals surface area contributed by atoms with Gasteiger partial charge in [-0.05, 0) is 30.7 Å². The molecule has 1 aromatic carbocycles. The third kappa shape index (κ3) is 5.84. The number of nitrogens with one attached hydrogen (secondary N) is 1. The first-order valence-electron chi connectivity index (χ1n) is 9.67. The zero-order valence-corrected chi connectivity index (χ0v) is 17.0. The number of aryl methyl sites for hydroxylation is 1. The third-order valence-electron chi connectivity index (χ3n) is 4.61. The number of nitrogens with zero attached hydrogens (tertiary/aromatic N) is 4. The minimum absolute atomic E-state index is 0.000757. The Kier molecular flexibility index (Phi) is 7.13. The fraction of sp³-hybridized carbons (Fsp3) is 0.350. The van der Waals surface area contributed by atoms with Crippen molar-refractivity contribution in [3.8, 4) is 11.6 Å². The monoisotopic (exact) mass is 455 g/mol. The van der Waals surface area contributed by atoms with Crippen molar-refractivity contribution in [2.75, 3.05) is 6.61 Å². The SMILES string of the molecule is C[C@H](NCc1cc2n(n1)CCCO2)c1ccc(-n2cccn2)c(F)c1.O=C(O)C(F)(F)F. The highest BCUT2D eigenvalue weighted by molar-refractivity contribution is 5.73. The van der Waals surface area contributed by atoms with Crippen molar-refractivity contribution in [1.29, 1.82) is 0 Å². The molecule has 2 aromatic heterocycles. The van der Waals surface area contributed by atoms with Gasteiger partial charge in [-0.2, -0.15) is 23.4 Å². The smallest absolute Gasteiger partial charge is 0.478 e. The number of hydrogen-bond acceptors (Lipinski definition) is 5. The molecule has 1 aliphatic rings. The number of carboxylic acids is 1. The fourth-order valence-corrected chi connectivity index (χ4v) is 2.97. The normalized spacial score (nSPS) is 14.0. The van der Waals surface area contributed by atoms with E-state index in [0.29, 0.717) is 12.2 Å². The van der Waals surface area contributed by atoms with Crippen LogP contribution in [0.3, 0.4) is 0 Å². The lowest BCUT2D eigenvalue weighted by atomic mass is 10.1. The van der Waals surface area contributed by atoms with Crippen LogP contribution in [0.15, 0.2) is 42.7 Å². The number of fused-ring (bicyclic) bond motifs is 1. The van der Waals surface area contributed by atoms with Gasteiger partial charge < -0.3 is 15.2 Å². The summed E-state index contributed by atoms with van der Waals surface area (Å²) in [6, 6.07) is 8.95. The van der Waals surface area contributed by atoms with E-state index in [4.69, 9.17) is 14.6 Å². The molecule has 1 atom stereocenters. The van der Waals surface area contributed by atoms with Crippen molar-refractivity contribution in [2.45, 2.75) is 38.7 Å². The molecule has 32 heavy (non-hydrogen) atoms. The van der Waals surface area contributed by atoms with Gasteiger partial charge in [0.25, 0.3) is 0 Å². The van der Waals surface area contributed by atoms with Gasteiger partial charge >= 0.3 is 12.1 Å². The Labute approximate surface area is 180 Å². The van der Waals surface area contributed by atoms with Gasteiger partial charge in [0, 0.05) is 44.0 Å². The number of alkyl halides is 3. The first-order valence-corrected chi connectivity index (χ1v) is 9.67. The van der Waals surface area contributed by atoms with E-state index in [0.717, 1.165) is 36.7 Å². The lowest BCUT2D eigenvalue weighted by Gasteiger charge is -2.14. The topological polar surface area (TPSA) is 94.2 Å². The Morgan fingerprint density at radius 3 is 2.69 bits per heavy atom. The molecule has 0 radical (unpaired) electrons. The molecule has 172 valence electrons. The van der Waals surface area contributed by atoms with Crippen molar-refractivity contribution in [1.82, 2.24) is 24.9 Å². The second-order valence-corrected chi connectivity index (χ2v) is 6.97. The van der Waals surface area contributed by atoms with Crippen molar-refractivity contribution in [3.05, 3.63) is 59.8 Å². The Morgan fingerprint density at radius 2 is 2.09 bits per heavy atom. The minimum Gasteiger partial charge on any atom is -0.478 e. The number of hydrogen-bond donors (Lipinski definition) is 2. The van der Waals surface area contributed by atoms with E-state index >= 15 is 0 Å². The lowest BCUT2D eigenvalue weighted by molar-refractivity contribution is -0.192. The second kappa shape index (κ2) is 9.81. The minimum atomic E-state index is -5.08. The summed E-state index contributed by atoms with van der Waals surface area (Å²) in [5.41, 5.74) is 2.26. The standard InChI is InChI=1S/C18H20FN5O.C2HF3O2/c1-13(20-12-15-11-18-24(22-15)8-3-9-25-18)14-4-5-17(16(19)10-14)23-7-2-6-21-23;3-2(4,5)1(6)7/h2,4-7,10-11,13,20H,3,8-9,12H2,1H3;(H,6,7)/t13-;/m0./s1. The maximum Gasteiger partial charge on any atom is 0.490 e. The van der Waals surface area contributed by atoms with Gasteiger partial charge in [0.2, 0.25) is 5.88 Å². The second-order valence-electron chi connectivity index (χ2n) is 6.97. The van der Waals surface area contributed by atoms with Gasteiger partial charge in [0.15, 0.2) is 0 Å². The van der Waals surface area contributed by atoms with Gasteiger partial charge in [0.05, 0.1) is 12.3 Å². The van der Waals surface area contributed by atoms with E-state index in [-0.39, 0.29) is 11.9 Å². The fourth-order valence-electron chi connectivity index (χ4n) is 2.97. The summed E-state index contributed by atoms with van der Waals surface area (Å²) in [5.74, 6) is -2.22. The summed E-state index contributed by atoms with van der Waals surface area (Å²) in [6.45, 7) is 4.25. The highest BCUT2D eigenvalue weighted by atomic mass is 19.4. The highest BCUT2D eigenvalue weighted by Gasteiger charge is 2.38. The molecule has 0 saturated carbocycles. The maximum absolute atomic E-state index is 14.4. The Balaban J connectivity index is 0.000000360. The van der Waals surface area contributed by atoms with Crippen LogP contribution in [-0.4, -0.2) is 43.4 Å². The molecule has 2 N–H and O–H groups in total. The molecule has 0 spiro atoms. The molecule has 0 fully saturated rings. The molecule has 3 aromatic rings. The number of rotatable bonds is 5. The quantitative estimate of drug-likeness (QED) is 0.573. The molecule has 3 heterocycles. The van der Waals surface area contributed by atoms with E-state index in [1.807, 2.05) is 23.7 Å². The average Bonchev–Trinajstić information content (AvgIpc) is 3.41. The van der Waals surface area contributed by atoms with E-state index in [9.17, 15) is 17.6 Å². The summed E-state index contributed by atoms with van der Waals surface area (Å²) in [4.78, 5) is 8.90. The van der Waals surface area contributed by atoms with Gasteiger partial charge in [-0.1, -0.05) is 6.07 Å². The number of aromatic nitrogens is 4. The third-order valence-corrected chi connectivity index (χ3v) is 4.61. The summed E-state index contributed by atoms with van der Waals surface area (Å²) in [6.07, 6.45) is -0.742. The molecule has 0 unspecified atom stereocenters. The van der Waals surface area contributed by atoms with Gasteiger partial charge in [0.1, 0.15) is 11.5 Å². The molecule has 4 rings (SSSR count). The summed E-state index contributed by atoms with van der Waals surface area (Å²) in [5, 5.41) is 19.1. The average molecular weight is 455 g/mol. The van der Waals surface area contributed by atoms with Gasteiger partial charge in [-0.3, -0.25) is 0 Å². The van der Waals surface area contributed by atoms with Crippen molar-refractivity contribution in [2.24, 2.45) is 0 Å². The van der Waals surface area contributed by atoms with Crippen LogP contribution in [0.5, 0.6) is 5.88 Å². The largest absolute Gasteiger partial charge is 0.490 e. The molecule has 0 bridgehead atoms. The molecular weight excluding hydrogens is 434 g/mol. The molecule has 1 aliphatic heterocycles. The predicted molar refractivity (Wildman–Crippen MR) is 105 cm³/mol. The Hall–Kier alpha value is -3.41. The molecule has 0 aliphatic carbocycles. The Morgan fingerprint density at radius 1 is 1.34 bits per heavy atom. The number of aliphatic carboxylic acids is 1. The van der Waals surface area contributed by atoms with Gasteiger partial charge in [-0.25, -0.2) is 18.5 Å². The van der Waals surface area contributed by atoms with Crippen molar-refractivity contribution in [3.63, 3.8) is 0 Å². The van der Waals surface area contributed by atoms with Crippen LogP contribution in [0.4, 0.5) is 17.6 Å². The van der Waals surface area contributed by atoms with E-state index in [1.54, 1.807) is 30.6 Å². The van der Waals surface area contributed by atoms with Crippen LogP contribution in [0.2, 0.25) is 0 Å². The maximum atomic E-state index is 14.4. The number of halogens is 4. The zero-order valence-electron chi connectivity index (χ0n) is 17.0. The molecule has 12 heteroatoms. The predicted octanol–water partition coefficient (Wildman–Crippen LogP) is 3.47. The molecule has 0 saturated heterocycles. The van der Waals surface area contributed by atoms with Crippen LogP contribution in [0.1, 0.15) is 30.6 Å². The summed E-state index contributed by atoms with van der Waals surface area (Å²) < 4.78 is 55.1. The number of carboxylic acid groups (broad SMARTS) is 1. The van der Waals surface area contributed by atoms with E-state index < -0.39 is 12.1 Å². The van der Waals surface area contributed by atoms with E-state index in [2.05, 4.69) is 15.5 Å². The van der Waals surface area contributed by atoms with Crippen molar-refractivity contribution >= 4 is 5.97 Å². The molecule has 0 amide bonds. The zero-order chi connectivity index (χ0) is 23.3.